The Morgan fingerprint density at radius 1 is 1.27 bits per heavy atom. The second-order valence-electron chi connectivity index (χ2n) is 5.68. The van der Waals surface area contributed by atoms with Crippen molar-refractivity contribution in [1.82, 2.24) is 5.32 Å². The Hall–Kier alpha value is -2.28. The number of hydrogen-bond donors (Lipinski definition) is 3. The SMILES string of the molecule is COc1cccc([C@H](O)[C@@H](NC(=O)OC(C)(C)C)C(=O)O)c1. The van der Waals surface area contributed by atoms with Crippen LogP contribution >= 0.6 is 0 Å². The van der Waals surface area contributed by atoms with Crippen LogP contribution in [0, 0.1) is 0 Å². The van der Waals surface area contributed by atoms with Gasteiger partial charge in [0, 0.05) is 0 Å². The lowest BCUT2D eigenvalue weighted by Crippen LogP contribution is -2.46. The molecular formula is C15H21NO6. The predicted molar refractivity (Wildman–Crippen MR) is 78.7 cm³/mol. The van der Waals surface area contributed by atoms with Crippen LogP contribution in [0.25, 0.3) is 0 Å². The lowest BCUT2D eigenvalue weighted by Gasteiger charge is -2.24. The lowest BCUT2D eigenvalue weighted by atomic mass is 10.0. The highest BCUT2D eigenvalue weighted by molar-refractivity contribution is 5.80. The van der Waals surface area contributed by atoms with Crippen molar-refractivity contribution >= 4 is 12.1 Å². The number of benzene rings is 1. The fourth-order valence-corrected chi connectivity index (χ4v) is 1.73. The number of carboxylic acid groups (broad SMARTS) is 1. The molecule has 7 heteroatoms. The molecule has 0 saturated carbocycles. The summed E-state index contributed by atoms with van der Waals surface area (Å²) in [5.41, 5.74) is -0.462. The molecule has 1 amide bonds. The van der Waals surface area contributed by atoms with Crippen LogP contribution in [0.3, 0.4) is 0 Å². The number of hydrogen-bond acceptors (Lipinski definition) is 5. The fourth-order valence-electron chi connectivity index (χ4n) is 1.73. The first kappa shape index (κ1) is 17.8. The smallest absolute Gasteiger partial charge is 0.408 e. The van der Waals surface area contributed by atoms with E-state index in [4.69, 9.17) is 9.47 Å². The van der Waals surface area contributed by atoms with Gasteiger partial charge in [0.15, 0.2) is 6.04 Å². The maximum atomic E-state index is 11.7. The molecular weight excluding hydrogens is 290 g/mol. The number of carbonyl (C=O) groups excluding carboxylic acids is 1. The quantitative estimate of drug-likeness (QED) is 0.764. The number of amides is 1. The molecule has 0 saturated heterocycles. The summed E-state index contributed by atoms with van der Waals surface area (Å²) < 4.78 is 10.0. The molecule has 0 bridgehead atoms. The molecule has 0 fully saturated rings. The summed E-state index contributed by atoms with van der Waals surface area (Å²) in [6, 6.07) is 4.77. The third kappa shape index (κ3) is 5.25. The van der Waals surface area contributed by atoms with Gasteiger partial charge >= 0.3 is 12.1 Å². The molecule has 0 aliphatic heterocycles. The number of ether oxygens (including phenoxy) is 2. The first-order valence-electron chi connectivity index (χ1n) is 6.68. The summed E-state index contributed by atoms with van der Waals surface area (Å²) in [5, 5.41) is 21.6. The highest BCUT2D eigenvalue weighted by atomic mass is 16.6. The molecule has 0 aromatic heterocycles. The largest absolute Gasteiger partial charge is 0.497 e. The van der Waals surface area contributed by atoms with Crippen LogP contribution in [0.2, 0.25) is 0 Å². The molecule has 1 rings (SSSR count). The van der Waals surface area contributed by atoms with E-state index in [1.165, 1.54) is 13.2 Å². The number of aliphatic carboxylic acids is 1. The Morgan fingerprint density at radius 3 is 2.41 bits per heavy atom. The van der Waals surface area contributed by atoms with E-state index in [1.54, 1.807) is 39.0 Å². The molecule has 0 radical (unpaired) electrons. The van der Waals surface area contributed by atoms with Gasteiger partial charge in [-0.15, -0.1) is 0 Å². The predicted octanol–water partition coefficient (Wildman–Crippen LogP) is 1.71. The van der Waals surface area contributed by atoms with Crippen molar-refractivity contribution in [3.05, 3.63) is 29.8 Å². The number of aliphatic hydroxyl groups excluding tert-OH is 1. The number of methoxy groups -OCH3 is 1. The van der Waals surface area contributed by atoms with Gasteiger partial charge in [-0.25, -0.2) is 9.59 Å². The molecule has 0 unspecified atom stereocenters. The zero-order valence-electron chi connectivity index (χ0n) is 13.0. The van der Waals surface area contributed by atoms with E-state index in [9.17, 15) is 19.8 Å². The van der Waals surface area contributed by atoms with E-state index >= 15 is 0 Å². The Labute approximate surface area is 128 Å². The molecule has 3 N–H and O–H groups in total. The topological polar surface area (TPSA) is 105 Å². The number of nitrogens with one attached hydrogen (secondary N) is 1. The Morgan fingerprint density at radius 2 is 1.91 bits per heavy atom. The minimum Gasteiger partial charge on any atom is -0.497 e. The van der Waals surface area contributed by atoms with E-state index in [0.717, 1.165) is 0 Å². The first-order valence-corrected chi connectivity index (χ1v) is 6.68. The maximum Gasteiger partial charge on any atom is 0.408 e. The highest BCUT2D eigenvalue weighted by Gasteiger charge is 2.31. The molecule has 1 aromatic rings. The van der Waals surface area contributed by atoms with Crippen molar-refractivity contribution in [3.8, 4) is 5.75 Å². The van der Waals surface area contributed by atoms with Crippen molar-refractivity contribution in [2.24, 2.45) is 0 Å². The van der Waals surface area contributed by atoms with Gasteiger partial charge in [0.1, 0.15) is 17.5 Å². The number of aliphatic hydroxyl groups is 1. The minimum absolute atomic E-state index is 0.308. The molecule has 0 spiro atoms. The van der Waals surface area contributed by atoms with Gasteiger partial charge < -0.3 is 25.0 Å². The normalized spacial score (nSPS) is 13.9. The molecule has 7 nitrogen and oxygen atoms in total. The first-order chi connectivity index (χ1) is 10.1. The van der Waals surface area contributed by atoms with Gasteiger partial charge in [-0.05, 0) is 38.5 Å². The number of alkyl carbamates (subject to hydrolysis) is 1. The lowest BCUT2D eigenvalue weighted by molar-refractivity contribution is -0.142. The van der Waals surface area contributed by atoms with Crippen LogP contribution in [-0.2, 0) is 9.53 Å². The molecule has 0 aliphatic rings. The Bertz CT molecular complexity index is 537. The van der Waals surface area contributed by atoms with E-state index in [0.29, 0.717) is 11.3 Å². The van der Waals surface area contributed by atoms with Gasteiger partial charge in [0.25, 0.3) is 0 Å². The second kappa shape index (κ2) is 7.13. The minimum atomic E-state index is -1.54. The van der Waals surface area contributed by atoms with E-state index in [1.807, 2.05) is 0 Å². The summed E-state index contributed by atoms with van der Waals surface area (Å²) >= 11 is 0. The van der Waals surface area contributed by atoms with Crippen molar-refractivity contribution in [2.75, 3.05) is 7.11 Å². The van der Waals surface area contributed by atoms with Crippen LogP contribution < -0.4 is 10.1 Å². The van der Waals surface area contributed by atoms with Crippen LogP contribution in [-0.4, -0.2) is 41.0 Å². The molecule has 1 aromatic carbocycles. The number of carbonyl (C=O) groups is 2. The maximum absolute atomic E-state index is 11.7. The summed E-state index contributed by atoms with van der Waals surface area (Å²) in [4.78, 5) is 23.0. The van der Waals surface area contributed by atoms with Gasteiger partial charge in [-0.1, -0.05) is 12.1 Å². The van der Waals surface area contributed by atoms with Crippen molar-refractivity contribution in [2.45, 2.75) is 38.5 Å². The van der Waals surface area contributed by atoms with E-state index in [-0.39, 0.29) is 0 Å². The van der Waals surface area contributed by atoms with Crippen molar-refractivity contribution in [1.29, 1.82) is 0 Å². The summed E-state index contributed by atoms with van der Waals surface area (Å²) in [5.74, 6) is -0.904. The third-order valence-corrected chi connectivity index (χ3v) is 2.69. The zero-order valence-corrected chi connectivity index (χ0v) is 13.0. The summed E-state index contributed by atoms with van der Waals surface area (Å²) in [6.07, 6.45) is -2.36. The Balaban J connectivity index is 2.90. The van der Waals surface area contributed by atoms with E-state index < -0.39 is 29.8 Å². The number of rotatable bonds is 5. The average molecular weight is 311 g/mol. The Kier molecular flexibility index (Phi) is 5.76. The molecule has 122 valence electrons. The second-order valence-corrected chi connectivity index (χ2v) is 5.68. The molecule has 2 atom stereocenters. The van der Waals surface area contributed by atoms with Gasteiger partial charge in [-0.3, -0.25) is 0 Å². The highest BCUT2D eigenvalue weighted by Crippen LogP contribution is 2.22. The van der Waals surface area contributed by atoms with Crippen LogP contribution in [0.15, 0.2) is 24.3 Å². The van der Waals surface area contributed by atoms with Crippen LogP contribution in [0.4, 0.5) is 4.79 Å². The monoisotopic (exact) mass is 311 g/mol. The van der Waals surface area contributed by atoms with Crippen molar-refractivity contribution < 1.29 is 29.3 Å². The molecule has 0 aliphatic carbocycles. The summed E-state index contributed by atoms with van der Waals surface area (Å²) in [6.45, 7) is 4.96. The zero-order chi connectivity index (χ0) is 16.9. The van der Waals surface area contributed by atoms with Gasteiger partial charge in [0.2, 0.25) is 0 Å². The molecule has 0 heterocycles. The number of carboxylic acids is 1. The standard InChI is InChI=1S/C15H21NO6/c1-15(2,3)22-14(20)16-11(13(18)19)12(17)9-6-5-7-10(8-9)21-4/h5-8,11-12,17H,1-4H3,(H,16,20)(H,18,19)/t11-,12+/m1/s1. The van der Waals surface area contributed by atoms with Crippen LogP contribution in [0.5, 0.6) is 5.75 Å². The van der Waals surface area contributed by atoms with Gasteiger partial charge in [-0.2, -0.15) is 0 Å². The van der Waals surface area contributed by atoms with Crippen molar-refractivity contribution in [3.63, 3.8) is 0 Å². The summed E-state index contributed by atoms with van der Waals surface area (Å²) in [7, 11) is 1.46. The van der Waals surface area contributed by atoms with Gasteiger partial charge in [0.05, 0.1) is 7.11 Å². The molecule has 22 heavy (non-hydrogen) atoms. The van der Waals surface area contributed by atoms with E-state index in [2.05, 4.69) is 5.32 Å². The van der Waals surface area contributed by atoms with Crippen LogP contribution in [0.1, 0.15) is 32.4 Å². The average Bonchev–Trinajstić information content (AvgIpc) is 2.42. The fraction of sp³-hybridized carbons (Fsp3) is 0.467. The third-order valence-electron chi connectivity index (χ3n) is 2.69.